The summed E-state index contributed by atoms with van der Waals surface area (Å²) < 4.78 is 0. The highest BCUT2D eigenvalue weighted by atomic mass is 35.5. The van der Waals surface area contributed by atoms with Gasteiger partial charge in [-0.2, -0.15) is 0 Å². The second kappa shape index (κ2) is 11.3. The fourth-order valence-electron chi connectivity index (χ4n) is 5.01. The molecule has 2 heterocycles. The van der Waals surface area contributed by atoms with E-state index >= 15 is 0 Å². The molecule has 2 aromatic rings. The molecule has 2 aliphatic heterocycles. The maximum atomic E-state index is 12.9. The van der Waals surface area contributed by atoms with Crippen molar-refractivity contribution in [3.63, 3.8) is 0 Å². The first-order valence-electron chi connectivity index (χ1n) is 12.2. The fourth-order valence-corrected chi connectivity index (χ4v) is 5.21. The molecule has 7 heteroatoms. The van der Waals surface area contributed by atoms with E-state index in [-0.39, 0.29) is 12.5 Å². The fraction of sp³-hybridized carbons (Fsp3) is 0.481. The van der Waals surface area contributed by atoms with Gasteiger partial charge in [-0.1, -0.05) is 35.9 Å². The van der Waals surface area contributed by atoms with Gasteiger partial charge in [-0.25, -0.2) is 0 Å². The topological polar surface area (TPSA) is 81.1 Å². The lowest BCUT2D eigenvalue weighted by Crippen LogP contribution is -2.47. The monoisotopic (exact) mass is 484 g/mol. The van der Waals surface area contributed by atoms with Crippen LogP contribution in [0.3, 0.4) is 0 Å². The zero-order valence-electron chi connectivity index (χ0n) is 19.4. The maximum Gasteiger partial charge on any atom is 0.255 e. The van der Waals surface area contributed by atoms with Crippen molar-refractivity contribution in [1.29, 1.82) is 0 Å². The van der Waals surface area contributed by atoms with Crippen molar-refractivity contribution in [1.82, 2.24) is 4.90 Å². The Morgan fingerprint density at radius 2 is 1.68 bits per heavy atom. The Labute approximate surface area is 206 Å². The number of likely N-dealkylation sites (tertiary alicyclic amines) is 1. The molecule has 0 radical (unpaired) electrons. The largest absolute Gasteiger partial charge is 0.382 e. The van der Waals surface area contributed by atoms with Gasteiger partial charge in [0, 0.05) is 36.8 Å². The van der Waals surface area contributed by atoms with Gasteiger partial charge in [-0.15, -0.1) is 0 Å². The summed E-state index contributed by atoms with van der Waals surface area (Å²) in [5.41, 5.74) is 3.07. The summed E-state index contributed by atoms with van der Waals surface area (Å²) in [7, 11) is 0. The molecule has 1 amide bonds. The van der Waals surface area contributed by atoms with Gasteiger partial charge in [0.15, 0.2) is 11.9 Å². The van der Waals surface area contributed by atoms with Gasteiger partial charge < -0.3 is 20.0 Å². The van der Waals surface area contributed by atoms with E-state index in [2.05, 4.69) is 17.0 Å². The predicted molar refractivity (Wildman–Crippen MR) is 133 cm³/mol. The number of piperidine rings is 1. The number of Topliss-reactive ketones (excluding diaryl/α,β-unsaturated/α-hetero) is 1. The van der Waals surface area contributed by atoms with Crippen LogP contribution in [0.15, 0.2) is 48.5 Å². The molecular formula is C27H33ClN2O4. The highest BCUT2D eigenvalue weighted by Gasteiger charge is 2.38. The first-order chi connectivity index (χ1) is 16.4. The lowest BCUT2D eigenvalue weighted by Gasteiger charge is -2.29. The van der Waals surface area contributed by atoms with Crippen LogP contribution in [0.2, 0.25) is 5.02 Å². The molecule has 3 atom stereocenters. The molecule has 0 saturated carbocycles. The Kier molecular flexibility index (Phi) is 8.24. The molecule has 6 nitrogen and oxygen atoms in total. The highest BCUT2D eigenvalue weighted by molar-refractivity contribution is 6.30. The number of aryl methyl sites for hydroxylation is 1. The van der Waals surface area contributed by atoms with E-state index in [1.807, 2.05) is 30.3 Å². The van der Waals surface area contributed by atoms with Crippen LogP contribution >= 0.6 is 11.6 Å². The first kappa shape index (κ1) is 24.7. The number of anilines is 1. The number of carbonyl (C=O) groups excluding carboxylic acids is 2. The second-order valence-corrected chi connectivity index (χ2v) is 9.75. The molecule has 2 saturated heterocycles. The highest BCUT2D eigenvalue weighted by Crippen LogP contribution is 2.33. The zero-order valence-corrected chi connectivity index (χ0v) is 20.2. The van der Waals surface area contributed by atoms with Crippen LogP contribution < -0.4 is 4.90 Å². The van der Waals surface area contributed by atoms with Gasteiger partial charge in [-0.3, -0.25) is 9.59 Å². The summed E-state index contributed by atoms with van der Waals surface area (Å²) >= 11 is 6.10. The molecule has 0 aliphatic carbocycles. The van der Waals surface area contributed by atoms with Crippen molar-refractivity contribution in [3.8, 4) is 0 Å². The third kappa shape index (κ3) is 5.80. The third-order valence-electron chi connectivity index (χ3n) is 6.97. The quantitative estimate of drug-likeness (QED) is 0.593. The smallest absolute Gasteiger partial charge is 0.255 e. The second-order valence-electron chi connectivity index (χ2n) is 9.31. The third-order valence-corrected chi connectivity index (χ3v) is 7.20. The van der Waals surface area contributed by atoms with Crippen molar-refractivity contribution >= 4 is 29.0 Å². The van der Waals surface area contributed by atoms with Crippen molar-refractivity contribution in [2.45, 2.75) is 63.2 Å². The number of benzene rings is 2. The van der Waals surface area contributed by atoms with Crippen LogP contribution in [0.5, 0.6) is 0 Å². The van der Waals surface area contributed by atoms with Gasteiger partial charge >= 0.3 is 0 Å². The normalized spacial score (nSPS) is 20.3. The Morgan fingerprint density at radius 3 is 2.38 bits per heavy atom. The number of carbonyl (C=O) groups is 2. The first-order valence-corrected chi connectivity index (χ1v) is 12.6. The number of amides is 1. The Balaban J connectivity index is 1.31. The SMILES string of the molecule is O=C(CCc1ccc(N2CCCCC2)cc1)[C@H](O)[C@@H](O)C(=O)N1CCCC1c1cccc(Cl)c1. The molecule has 182 valence electrons. The molecule has 0 spiro atoms. The minimum absolute atomic E-state index is 0.0618. The summed E-state index contributed by atoms with van der Waals surface area (Å²) in [5.74, 6) is -1.14. The van der Waals surface area contributed by atoms with Crippen LogP contribution in [0.25, 0.3) is 0 Å². The lowest BCUT2D eigenvalue weighted by molar-refractivity contribution is -0.153. The molecule has 1 unspecified atom stereocenters. The van der Waals surface area contributed by atoms with Crippen LogP contribution in [0.1, 0.15) is 55.7 Å². The summed E-state index contributed by atoms with van der Waals surface area (Å²) in [6, 6.07) is 15.2. The standard InChI is InChI=1S/C27H33ClN2O4/c28-21-7-4-6-20(18-21)23-8-5-17-30(23)27(34)26(33)25(32)24(31)14-11-19-9-12-22(13-10-19)29-15-2-1-3-16-29/h4,6-7,9-10,12-13,18,23,25-26,32-33H,1-3,5,8,11,14-17H2/t23?,25-,26+/m0/s1. The minimum atomic E-state index is -1.77. The van der Waals surface area contributed by atoms with E-state index in [9.17, 15) is 19.8 Å². The number of aliphatic hydroxyl groups excluding tert-OH is 2. The molecule has 2 aromatic carbocycles. The summed E-state index contributed by atoms with van der Waals surface area (Å²) in [6.07, 6.45) is 2.25. The van der Waals surface area contributed by atoms with Gasteiger partial charge in [0.05, 0.1) is 6.04 Å². The Morgan fingerprint density at radius 1 is 0.941 bits per heavy atom. The van der Waals surface area contributed by atoms with E-state index in [0.29, 0.717) is 18.0 Å². The van der Waals surface area contributed by atoms with E-state index in [0.717, 1.165) is 37.1 Å². The Bertz CT molecular complexity index is 990. The van der Waals surface area contributed by atoms with E-state index in [1.54, 1.807) is 11.0 Å². The van der Waals surface area contributed by atoms with Crippen LogP contribution in [0, 0.1) is 0 Å². The number of rotatable bonds is 8. The summed E-state index contributed by atoms with van der Waals surface area (Å²) in [4.78, 5) is 29.5. The summed E-state index contributed by atoms with van der Waals surface area (Å²) in [5, 5.41) is 21.5. The van der Waals surface area contributed by atoms with Crippen molar-refractivity contribution in [2.75, 3.05) is 24.5 Å². The van der Waals surface area contributed by atoms with Gasteiger partial charge in [0.1, 0.15) is 6.10 Å². The van der Waals surface area contributed by atoms with E-state index in [4.69, 9.17) is 11.6 Å². The molecule has 2 aliphatic rings. The van der Waals surface area contributed by atoms with E-state index in [1.165, 1.54) is 24.9 Å². The molecule has 0 aromatic heterocycles. The van der Waals surface area contributed by atoms with Gasteiger partial charge in [0.2, 0.25) is 0 Å². The van der Waals surface area contributed by atoms with Gasteiger partial charge in [0.25, 0.3) is 5.91 Å². The lowest BCUT2D eigenvalue weighted by atomic mass is 9.99. The van der Waals surface area contributed by atoms with Crippen LogP contribution in [-0.4, -0.2) is 58.6 Å². The minimum Gasteiger partial charge on any atom is -0.382 e. The molecule has 4 rings (SSSR count). The van der Waals surface area contributed by atoms with E-state index < -0.39 is 23.9 Å². The molecule has 0 bridgehead atoms. The average Bonchev–Trinajstić information content (AvgIpc) is 3.37. The Hall–Kier alpha value is -2.41. The summed E-state index contributed by atoms with van der Waals surface area (Å²) in [6.45, 7) is 2.62. The van der Waals surface area contributed by atoms with Crippen molar-refractivity contribution in [3.05, 3.63) is 64.7 Å². The average molecular weight is 485 g/mol. The number of ketones is 1. The number of hydrogen-bond donors (Lipinski definition) is 2. The molecule has 34 heavy (non-hydrogen) atoms. The number of hydrogen-bond acceptors (Lipinski definition) is 5. The maximum absolute atomic E-state index is 12.9. The van der Waals surface area contributed by atoms with Crippen molar-refractivity contribution in [2.24, 2.45) is 0 Å². The number of halogens is 1. The number of nitrogens with zero attached hydrogens (tertiary/aromatic N) is 2. The molecular weight excluding hydrogens is 452 g/mol. The van der Waals surface area contributed by atoms with Crippen LogP contribution in [-0.2, 0) is 16.0 Å². The van der Waals surface area contributed by atoms with Gasteiger partial charge in [-0.05, 0) is 73.9 Å². The molecule has 2 N–H and O–H groups in total. The predicted octanol–water partition coefficient (Wildman–Crippen LogP) is 3.92. The molecule has 2 fully saturated rings. The number of aliphatic hydroxyl groups is 2. The van der Waals surface area contributed by atoms with Crippen molar-refractivity contribution < 1.29 is 19.8 Å². The van der Waals surface area contributed by atoms with Crippen LogP contribution in [0.4, 0.5) is 5.69 Å². The zero-order chi connectivity index (χ0) is 24.1.